The minimum absolute atomic E-state index is 0.0213. The number of rotatable bonds is 4. The quantitative estimate of drug-likeness (QED) is 0.734. The summed E-state index contributed by atoms with van der Waals surface area (Å²) in [5, 5.41) is 10.9. The normalized spacial score (nSPS) is 22.2. The standard InChI is InChI=1S/C12H16ClN3O4S/c1-20-7-4-11(15-6-7)12(17)16-10-5-8(21(14,18)19)2-3-9(10)13/h2-3,5,7,11,15H,4,6H2,1H3,(H,16,17)(H2,14,18,19). The summed E-state index contributed by atoms with van der Waals surface area (Å²) in [6.45, 7) is 0.583. The van der Waals surface area contributed by atoms with Gasteiger partial charge in [0.05, 0.1) is 27.8 Å². The molecule has 4 N–H and O–H groups in total. The SMILES string of the molecule is COC1CNC(C(=O)Nc2cc(S(N)(=O)=O)ccc2Cl)C1. The highest BCUT2D eigenvalue weighted by molar-refractivity contribution is 7.89. The van der Waals surface area contributed by atoms with Crippen LogP contribution in [0.4, 0.5) is 5.69 Å². The highest BCUT2D eigenvalue weighted by atomic mass is 35.5. The van der Waals surface area contributed by atoms with Gasteiger partial charge >= 0.3 is 0 Å². The van der Waals surface area contributed by atoms with Crippen molar-refractivity contribution in [2.24, 2.45) is 5.14 Å². The monoisotopic (exact) mass is 333 g/mol. The molecule has 116 valence electrons. The number of amides is 1. The summed E-state index contributed by atoms with van der Waals surface area (Å²) in [6, 6.07) is 3.47. The molecule has 1 fully saturated rings. The molecule has 1 aliphatic rings. The summed E-state index contributed by atoms with van der Waals surface area (Å²) in [5.41, 5.74) is 0.204. The number of hydrogen-bond acceptors (Lipinski definition) is 5. The van der Waals surface area contributed by atoms with E-state index in [1.54, 1.807) is 7.11 Å². The fraction of sp³-hybridized carbons (Fsp3) is 0.417. The van der Waals surface area contributed by atoms with Crippen LogP contribution in [0, 0.1) is 0 Å². The van der Waals surface area contributed by atoms with E-state index in [9.17, 15) is 13.2 Å². The van der Waals surface area contributed by atoms with Crippen molar-refractivity contribution in [2.75, 3.05) is 19.0 Å². The molecule has 0 saturated carbocycles. The fourth-order valence-electron chi connectivity index (χ4n) is 2.08. The molecule has 7 nitrogen and oxygen atoms in total. The highest BCUT2D eigenvalue weighted by Crippen LogP contribution is 2.25. The molecule has 1 aromatic rings. The van der Waals surface area contributed by atoms with Crippen molar-refractivity contribution in [3.63, 3.8) is 0 Å². The average Bonchev–Trinajstić information content (AvgIpc) is 2.88. The molecule has 2 atom stereocenters. The van der Waals surface area contributed by atoms with E-state index in [-0.39, 0.29) is 27.6 Å². The van der Waals surface area contributed by atoms with Crippen LogP contribution < -0.4 is 15.8 Å². The molecule has 0 aromatic heterocycles. The van der Waals surface area contributed by atoms with Crippen molar-refractivity contribution in [2.45, 2.75) is 23.5 Å². The molecule has 2 rings (SSSR count). The van der Waals surface area contributed by atoms with Crippen LogP contribution in [0.15, 0.2) is 23.1 Å². The third-order valence-electron chi connectivity index (χ3n) is 3.26. The number of hydrogen-bond donors (Lipinski definition) is 3. The summed E-state index contributed by atoms with van der Waals surface area (Å²) in [6.07, 6.45) is 0.515. The van der Waals surface area contributed by atoms with Gasteiger partial charge in [-0.05, 0) is 24.6 Å². The van der Waals surface area contributed by atoms with Gasteiger partial charge in [0, 0.05) is 13.7 Å². The van der Waals surface area contributed by atoms with Crippen molar-refractivity contribution in [1.29, 1.82) is 0 Å². The van der Waals surface area contributed by atoms with Gasteiger partial charge in [-0.1, -0.05) is 11.6 Å². The minimum Gasteiger partial charge on any atom is -0.380 e. The third kappa shape index (κ3) is 3.92. The Kier molecular flexibility index (Phi) is 4.84. The number of halogens is 1. The predicted molar refractivity (Wildman–Crippen MR) is 78.7 cm³/mol. The number of sulfonamides is 1. The smallest absolute Gasteiger partial charge is 0.241 e. The van der Waals surface area contributed by atoms with Gasteiger partial charge in [-0.2, -0.15) is 0 Å². The van der Waals surface area contributed by atoms with E-state index >= 15 is 0 Å². The van der Waals surface area contributed by atoms with E-state index in [1.165, 1.54) is 18.2 Å². The second-order valence-corrected chi connectivity index (χ2v) is 6.70. The number of nitrogens with two attached hydrogens (primary N) is 1. The molecule has 1 amide bonds. The van der Waals surface area contributed by atoms with Gasteiger partial charge in [0.1, 0.15) is 0 Å². The molecular formula is C12H16ClN3O4S. The highest BCUT2D eigenvalue weighted by Gasteiger charge is 2.29. The summed E-state index contributed by atoms with van der Waals surface area (Å²) in [4.78, 5) is 12.0. The number of carbonyl (C=O) groups excluding carboxylic acids is 1. The Morgan fingerprint density at radius 2 is 2.24 bits per heavy atom. The van der Waals surface area contributed by atoms with Gasteiger partial charge in [-0.25, -0.2) is 13.6 Å². The first-order chi connectivity index (χ1) is 9.81. The van der Waals surface area contributed by atoms with E-state index in [4.69, 9.17) is 21.5 Å². The number of carbonyl (C=O) groups is 1. The lowest BCUT2D eigenvalue weighted by Crippen LogP contribution is -2.35. The Hall–Kier alpha value is -1.19. The molecule has 21 heavy (non-hydrogen) atoms. The summed E-state index contributed by atoms with van der Waals surface area (Å²) in [5.74, 6) is -0.303. The Labute approximate surface area is 127 Å². The maximum absolute atomic E-state index is 12.1. The fourth-order valence-corrected chi connectivity index (χ4v) is 2.78. The minimum atomic E-state index is -3.86. The van der Waals surface area contributed by atoms with Crippen LogP contribution in [0.5, 0.6) is 0 Å². The number of anilines is 1. The van der Waals surface area contributed by atoms with Crippen LogP contribution in [0.2, 0.25) is 5.02 Å². The molecule has 1 aromatic carbocycles. The van der Waals surface area contributed by atoms with Crippen molar-refractivity contribution in [3.8, 4) is 0 Å². The molecule has 0 radical (unpaired) electrons. The maximum Gasteiger partial charge on any atom is 0.241 e. The second-order valence-electron chi connectivity index (χ2n) is 4.73. The molecule has 0 spiro atoms. The Morgan fingerprint density at radius 3 is 2.81 bits per heavy atom. The van der Waals surface area contributed by atoms with Crippen LogP contribution in [-0.2, 0) is 19.6 Å². The number of nitrogens with one attached hydrogen (secondary N) is 2. The Balaban J connectivity index is 2.14. The molecule has 1 heterocycles. The van der Waals surface area contributed by atoms with Gasteiger partial charge in [0.15, 0.2) is 0 Å². The summed E-state index contributed by atoms with van der Waals surface area (Å²) in [7, 11) is -2.27. The van der Waals surface area contributed by atoms with Crippen LogP contribution in [0.1, 0.15) is 6.42 Å². The molecule has 0 bridgehead atoms. The van der Waals surface area contributed by atoms with Crippen molar-refractivity contribution < 1.29 is 17.9 Å². The lowest BCUT2D eigenvalue weighted by Gasteiger charge is -2.13. The van der Waals surface area contributed by atoms with Crippen molar-refractivity contribution in [1.82, 2.24) is 5.32 Å². The Bertz CT molecular complexity index is 650. The third-order valence-corrected chi connectivity index (χ3v) is 4.51. The number of benzene rings is 1. The first-order valence-corrected chi connectivity index (χ1v) is 8.13. The van der Waals surface area contributed by atoms with E-state index < -0.39 is 16.1 Å². The molecule has 1 aliphatic heterocycles. The number of ether oxygens (including phenoxy) is 1. The van der Waals surface area contributed by atoms with E-state index in [0.29, 0.717) is 13.0 Å². The Morgan fingerprint density at radius 1 is 1.52 bits per heavy atom. The van der Waals surface area contributed by atoms with Gasteiger partial charge in [-0.3, -0.25) is 4.79 Å². The van der Waals surface area contributed by atoms with Gasteiger partial charge in [0.25, 0.3) is 0 Å². The predicted octanol–water partition coefficient (Wildman–Crippen LogP) is 0.303. The largest absolute Gasteiger partial charge is 0.380 e. The van der Waals surface area contributed by atoms with E-state index in [0.717, 1.165) is 0 Å². The average molecular weight is 334 g/mol. The number of methoxy groups -OCH3 is 1. The van der Waals surface area contributed by atoms with Crippen LogP contribution >= 0.6 is 11.6 Å². The molecular weight excluding hydrogens is 318 g/mol. The lowest BCUT2D eigenvalue weighted by atomic mass is 10.2. The van der Waals surface area contributed by atoms with E-state index in [1.807, 2.05) is 0 Å². The molecule has 9 heteroatoms. The van der Waals surface area contributed by atoms with Crippen LogP contribution in [0.25, 0.3) is 0 Å². The van der Waals surface area contributed by atoms with Gasteiger partial charge in [-0.15, -0.1) is 0 Å². The van der Waals surface area contributed by atoms with Crippen molar-refractivity contribution in [3.05, 3.63) is 23.2 Å². The first kappa shape index (κ1) is 16.2. The maximum atomic E-state index is 12.1. The van der Waals surface area contributed by atoms with Gasteiger partial charge < -0.3 is 15.4 Å². The van der Waals surface area contributed by atoms with Crippen molar-refractivity contribution >= 4 is 33.2 Å². The second kappa shape index (κ2) is 6.29. The summed E-state index contributed by atoms with van der Waals surface area (Å²) < 4.78 is 27.8. The topological polar surface area (TPSA) is 111 Å². The first-order valence-electron chi connectivity index (χ1n) is 6.20. The molecule has 1 saturated heterocycles. The zero-order valence-electron chi connectivity index (χ0n) is 11.3. The number of primary sulfonamides is 1. The van der Waals surface area contributed by atoms with E-state index in [2.05, 4.69) is 10.6 Å². The van der Waals surface area contributed by atoms with Crippen LogP contribution in [-0.4, -0.2) is 40.1 Å². The van der Waals surface area contributed by atoms with Gasteiger partial charge in [0.2, 0.25) is 15.9 Å². The summed E-state index contributed by atoms with van der Waals surface area (Å²) >= 11 is 5.96. The zero-order chi connectivity index (χ0) is 15.6. The molecule has 0 aliphatic carbocycles. The molecule has 2 unspecified atom stereocenters. The lowest BCUT2D eigenvalue weighted by molar-refractivity contribution is -0.118. The van der Waals surface area contributed by atoms with Crippen LogP contribution in [0.3, 0.4) is 0 Å². The zero-order valence-corrected chi connectivity index (χ0v) is 12.9.